The van der Waals surface area contributed by atoms with Crippen LogP contribution in [0.25, 0.3) is 55.0 Å². The molecule has 2 nitrogen and oxygen atoms in total. The SMILES string of the molecule is Cc1ccc2c(c1)c1cc(C(C)(C)C)cc3c1n2-c1cc2c(cc1B3c1c(C(C)C)cc(C(C)C)cc1C(C)C)-n1c3ccc(C(C)(C)C)cc3c3cc(C)cc(c31)B2c1c(C(C)C)cc(C(C)C)cc1C(C)C. The molecule has 0 amide bonds. The molecule has 0 atom stereocenters. The van der Waals surface area contributed by atoms with Crippen molar-refractivity contribution in [3.63, 3.8) is 0 Å². The summed E-state index contributed by atoms with van der Waals surface area (Å²) in [4.78, 5) is 0. The minimum Gasteiger partial charge on any atom is -0.310 e. The molecule has 2 aliphatic heterocycles. The first-order chi connectivity index (χ1) is 34.8. The van der Waals surface area contributed by atoms with Gasteiger partial charge in [-0.05, 0) is 175 Å². The van der Waals surface area contributed by atoms with Gasteiger partial charge in [-0.15, -0.1) is 0 Å². The normalized spacial score (nSPS) is 13.8. The average Bonchev–Trinajstić information content (AvgIpc) is 3.83. The maximum absolute atomic E-state index is 2.73. The van der Waals surface area contributed by atoms with E-state index < -0.39 is 0 Å². The van der Waals surface area contributed by atoms with Gasteiger partial charge in [0.05, 0.1) is 11.0 Å². The fraction of sp³-hybridized carbons (Fsp3) is 0.400. The maximum Gasteiger partial charge on any atom is 0.247 e. The predicted octanol–water partition coefficient (Wildman–Crippen LogP) is 15.5. The summed E-state index contributed by atoms with van der Waals surface area (Å²) in [5.41, 5.74) is 30.8. The lowest BCUT2D eigenvalue weighted by molar-refractivity contribution is 0.591. The van der Waals surface area contributed by atoms with E-state index in [1.165, 1.54) is 143 Å². The van der Waals surface area contributed by atoms with Crippen LogP contribution in [0.15, 0.2) is 97.1 Å². The van der Waals surface area contributed by atoms with Crippen molar-refractivity contribution in [2.45, 2.75) is 185 Å². The van der Waals surface area contributed by atoms with Crippen molar-refractivity contribution in [3.05, 3.63) is 153 Å². The molecular formula is C70H82B2N2. The zero-order valence-corrected chi connectivity index (χ0v) is 48.8. The molecule has 0 spiro atoms. The van der Waals surface area contributed by atoms with Crippen LogP contribution in [-0.2, 0) is 10.8 Å². The van der Waals surface area contributed by atoms with Crippen molar-refractivity contribution in [3.8, 4) is 11.4 Å². The summed E-state index contributed by atoms with van der Waals surface area (Å²) in [6.07, 6.45) is 0. The molecule has 378 valence electrons. The van der Waals surface area contributed by atoms with Gasteiger partial charge in [0.1, 0.15) is 0 Å². The molecular weight excluding hydrogens is 890 g/mol. The van der Waals surface area contributed by atoms with E-state index in [0.717, 1.165) is 0 Å². The number of aryl methyl sites for hydroxylation is 2. The first-order valence-electron chi connectivity index (χ1n) is 28.5. The number of benzene rings is 7. The van der Waals surface area contributed by atoms with Crippen molar-refractivity contribution in [2.75, 3.05) is 0 Å². The summed E-state index contributed by atoms with van der Waals surface area (Å²) in [7, 11) is 0. The number of nitrogens with zero attached hydrogens (tertiary/aromatic N) is 2. The molecule has 0 saturated carbocycles. The van der Waals surface area contributed by atoms with Crippen LogP contribution in [0.2, 0.25) is 0 Å². The second-order valence-electron chi connectivity index (χ2n) is 27.1. The van der Waals surface area contributed by atoms with Gasteiger partial charge in [0.2, 0.25) is 13.4 Å². The van der Waals surface area contributed by atoms with Gasteiger partial charge in [0, 0.05) is 44.0 Å². The highest BCUT2D eigenvalue weighted by Crippen LogP contribution is 2.42. The largest absolute Gasteiger partial charge is 0.310 e. The van der Waals surface area contributed by atoms with E-state index in [-0.39, 0.29) is 24.3 Å². The summed E-state index contributed by atoms with van der Waals surface area (Å²) in [5, 5.41) is 5.43. The molecule has 0 aliphatic carbocycles. The van der Waals surface area contributed by atoms with Crippen LogP contribution in [0.5, 0.6) is 0 Å². The molecule has 9 aromatic rings. The van der Waals surface area contributed by atoms with E-state index in [9.17, 15) is 0 Å². The molecule has 0 unspecified atom stereocenters. The van der Waals surface area contributed by atoms with Crippen LogP contribution >= 0.6 is 0 Å². The van der Waals surface area contributed by atoms with Crippen molar-refractivity contribution in [1.29, 1.82) is 0 Å². The highest BCUT2D eigenvalue weighted by molar-refractivity contribution is 7.00. The highest BCUT2D eigenvalue weighted by Gasteiger charge is 2.43. The van der Waals surface area contributed by atoms with E-state index in [1.807, 2.05) is 0 Å². The summed E-state index contributed by atoms with van der Waals surface area (Å²) < 4.78 is 5.45. The first kappa shape index (κ1) is 50.4. The van der Waals surface area contributed by atoms with Gasteiger partial charge in [0.15, 0.2) is 0 Å². The number of hydrogen-bond acceptors (Lipinski definition) is 0. The third kappa shape index (κ3) is 7.64. The first-order valence-corrected chi connectivity index (χ1v) is 28.5. The summed E-state index contributed by atoms with van der Waals surface area (Å²) in [6, 6.07) is 40.7. The maximum atomic E-state index is 2.73. The molecule has 2 aromatic heterocycles. The molecule has 0 radical (unpaired) electrons. The molecule has 74 heavy (non-hydrogen) atoms. The van der Waals surface area contributed by atoms with Crippen LogP contribution in [0, 0.1) is 13.8 Å². The van der Waals surface area contributed by atoms with Gasteiger partial charge in [-0.3, -0.25) is 0 Å². The van der Waals surface area contributed by atoms with Gasteiger partial charge in [-0.2, -0.15) is 0 Å². The van der Waals surface area contributed by atoms with Crippen LogP contribution < -0.4 is 32.8 Å². The minimum absolute atomic E-state index is 0.000489. The lowest BCUT2D eigenvalue weighted by atomic mass is 9.31. The third-order valence-corrected chi connectivity index (χ3v) is 17.6. The topological polar surface area (TPSA) is 9.86 Å². The molecule has 0 saturated heterocycles. The predicted molar refractivity (Wildman–Crippen MR) is 329 cm³/mol. The van der Waals surface area contributed by atoms with Crippen LogP contribution in [-0.4, -0.2) is 22.6 Å². The van der Waals surface area contributed by atoms with Gasteiger partial charge in [-0.1, -0.05) is 195 Å². The molecule has 0 N–H and O–H groups in total. The van der Waals surface area contributed by atoms with E-state index in [0.29, 0.717) is 35.5 Å². The van der Waals surface area contributed by atoms with Gasteiger partial charge in [0.25, 0.3) is 0 Å². The average molecular weight is 973 g/mol. The Morgan fingerprint density at radius 3 is 1.15 bits per heavy atom. The third-order valence-electron chi connectivity index (χ3n) is 17.6. The zero-order valence-electron chi connectivity index (χ0n) is 48.8. The van der Waals surface area contributed by atoms with E-state index >= 15 is 0 Å². The molecule has 4 heteroatoms. The van der Waals surface area contributed by atoms with Crippen molar-refractivity contribution in [2.24, 2.45) is 0 Å². The van der Waals surface area contributed by atoms with E-state index in [2.05, 4.69) is 245 Å². The number of fused-ring (bicyclic) bond motifs is 10. The van der Waals surface area contributed by atoms with Crippen molar-refractivity contribution < 1.29 is 0 Å². The van der Waals surface area contributed by atoms with Gasteiger partial charge >= 0.3 is 0 Å². The Balaban J connectivity index is 1.40. The van der Waals surface area contributed by atoms with Crippen LogP contribution in [0.4, 0.5) is 0 Å². The fourth-order valence-corrected chi connectivity index (χ4v) is 13.6. The van der Waals surface area contributed by atoms with Gasteiger partial charge in [-0.25, -0.2) is 0 Å². The number of aromatic nitrogens is 2. The Bertz CT molecular complexity index is 3730. The lowest BCUT2D eigenvalue weighted by Gasteiger charge is -2.36. The fourth-order valence-electron chi connectivity index (χ4n) is 13.6. The highest BCUT2D eigenvalue weighted by atomic mass is 15.0. The zero-order chi connectivity index (χ0) is 53.1. The second kappa shape index (κ2) is 17.4. The Morgan fingerprint density at radius 2 is 0.730 bits per heavy atom. The molecule has 7 aromatic carbocycles. The quantitative estimate of drug-likeness (QED) is 0.134. The van der Waals surface area contributed by atoms with Gasteiger partial charge < -0.3 is 9.13 Å². The Labute approximate surface area is 445 Å². The Hall–Kier alpha value is -5.73. The molecule has 0 fully saturated rings. The minimum atomic E-state index is -0.0587. The summed E-state index contributed by atoms with van der Waals surface area (Å²) >= 11 is 0. The molecule has 11 rings (SSSR count). The van der Waals surface area contributed by atoms with Crippen molar-refractivity contribution in [1.82, 2.24) is 9.13 Å². The molecule has 0 bridgehead atoms. The summed E-state index contributed by atoms with van der Waals surface area (Å²) in [6.45, 7) is 47.9. The second-order valence-corrected chi connectivity index (χ2v) is 27.1. The number of rotatable bonds is 8. The smallest absolute Gasteiger partial charge is 0.247 e. The molecule has 2 aliphatic rings. The van der Waals surface area contributed by atoms with E-state index in [1.54, 1.807) is 0 Å². The standard InChI is InChI=1S/C70H82B2N2/c1-37(2)45-28-49(39(5)6)65(50(29-45)40(7)8)71-57-35-64-58(36-63(57)74-62-24-22-47(69(15,16)17)32-54(62)55-26-44(14)27-59(71)67(55)74)72(66-51(41(9)10)30-46(38(3)4)31-52(66)42(11)12)60-34-48(70(18,19)20)33-56-53-25-43(13)21-23-61(53)73(64)68(56)60/h21-42H,1-20H3. The summed E-state index contributed by atoms with van der Waals surface area (Å²) in [5.74, 6) is 2.21. The Morgan fingerprint density at radius 1 is 0.351 bits per heavy atom. The molecule has 4 heterocycles. The van der Waals surface area contributed by atoms with Crippen molar-refractivity contribution >= 4 is 89.8 Å². The Kier molecular flexibility index (Phi) is 11.9. The van der Waals surface area contributed by atoms with Crippen LogP contribution in [0.1, 0.15) is 216 Å². The van der Waals surface area contributed by atoms with Crippen LogP contribution in [0.3, 0.4) is 0 Å². The number of hydrogen-bond donors (Lipinski definition) is 0. The van der Waals surface area contributed by atoms with E-state index in [4.69, 9.17) is 0 Å². The monoisotopic (exact) mass is 973 g/mol. The lowest BCUT2D eigenvalue weighted by Crippen LogP contribution is -2.62.